The molecule has 0 radical (unpaired) electrons. The third kappa shape index (κ3) is 4.07. The average Bonchev–Trinajstić information content (AvgIpc) is 3.08. The minimum Gasteiger partial charge on any atom is -0.493 e. The Morgan fingerprint density at radius 2 is 1.81 bits per heavy atom. The number of amides is 1. The van der Waals surface area contributed by atoms with Gasteiger partial charge >= 0.3 is 6.09 Å². The number of hydrogen-bond acceptors (Lipinski definition) is 4. The van der Waals surface area contributed by atoms with Gasteiger partial charge < -0.3 is 14.4 Å². The number of rotatable bonds is 4. The largest absolute Gasteiger partial charge is 0.493 e. The minimum absolute atomic E-state index is 0.194. The average molecular weight is 366 g/mol. The lowest BCUT2D eigenvalue weighted by Crippen LogP contribution is -2.37. The smallest absolute Gasteiger partial charge is 0.410 e. The molecule has 1 amide bonds. The number of benzene rings is 1. The monoisotopic (exact) mass is 366 g/mol. The molecule has 1 aromatic heterocycles. The van der Waals surface area contributed by atoms with Gasteiger partial charge in [-0.3, -0.25) is 4.98 Å². The first-order valence-corrected chi connectivity index (χ1v) is 9.52. The number of fused-ring (bicyclic) bond motifs is 1. The number of aromatic nitrogens is 1. The zero-order chi connectivity index (χ0) is 19.0. The van der Waals surface area contributed by atoms with Gasteiger partial charge in [-0.1, -0.05) is 18.2 Å². The maximum atomic E-state index is 12.1. The SMILES string of the molecule is CC(C)(C)OC(=O)N1C[C@@H]2[C@@H](COc3ccc(-c4cccnc4)cc3)[C@@H]2C1. The number of carbonyl (C=O) groups is 1. The molecule has 5 heteroatoms. The summed E-state index contributed by atoms with van der Waals surface area (Å²) in [6, 6.07) is 12.1. The van der Waals surface area contributed by atoms with E-state index in [1.165, 1.54) is 0 Å². The Bertz CT molecular complexity index is 787. The fourth-order valence-electron chi connectivity index (χ4n) is 3.84. The molecule has 2 heterocycles. The number of pyridine rings is 1. The quantitative estimate of drug-likeness (QED) is 0.812. The Balaban J connectivity index is 1.25. The maximum Gasteiger partial charge on any atom is 0.410 e. The predicted octanol–water partition coefficient (Wildman–Crippen LogP) is 4.24. The molecule has 142 valence electrons. The first-order valence-electron chi connectivity index (χ1n) is 9.52. The van der Waals surface area contributed by atoms with Crippen LogP contribution in [-0.4, -0.2) is 41.3 Å². The minimum atomic E-state index is -0.436. The highest BCUT2D eigenvalue weighted by Gasteiger charge is 2.57. The predicted molar refractivity (Wildman–Crippen MR) is 103 cm³/mol. The molecule has 1 saturated heterocycles. The summed E-state index contributed by atoms with van der Waals surface area (Å²) < 4.78 is 11.4. The molecule has 0 N–H and O–H groups in total. The van der Waals surface area contributed by atoms with Gasteiger partial charge in [0.1, 0.15) is 11.4 Å². The van der Waals surface area contributed by atoms with E-state index in [0.717, 1.165) is 30.0 Å². The van der Waals surface area contributed by atoms with Crippen LogP contribution in [0.3, 0.4) is 0 Å². The van der Waals surface area contributed by atoms with Gasteiger partial charge in [0.25, 0.3) is 0 Å². The standard InChI is InChI=1S/C22H26N2O3/c1-22(2,3)27-21(25)24-12-18-19(13-24)20(18)14-26-17-8-6-15(7-9-17)16-5-4-10-23-11-16/h4-11,18-20H,12-14H2,1-3H3/t18-,19+,20+. The van der Waals surface area contributed by atoms with Gasteiger partial charge in [0.05, 0.1) is 6.61 Å². The highest BCUT2D eigenvalue weighted by Crippen LogP contribution is 2.52. The molecule has 1 aromatic carbocycles. The van der Waals surface area contributed by atoms with Crippen LogP contribution in [0.15, 0.2) is 48.8 Å². The van der Waals surface area contributed by atoms with Crippen LogP contribution in [0.25, 0.3) is 11.1 Å². The van der Waals surface area contributed by atoms with E-state index >= 15 is 0 Å². The Morgan fingerprint density at radius 1 is 1.11 bits per heavy atom. The van der Waals surface area contributed by atoms with Crippen molar-refractivity contribution in [3.8, 4) is 16.9 Å². The van der Waals surface area contributed by atoms with E-state index in [9.17, 15) is 4.79 Å². The first-order chi connectivity index (χ1) is 12.9. The fourth-order valence-corrected chi connectivity index (χ4v) is 3.84. The summed E-state index contributed by atoms with van der Waals surface area (Å²) in [6.45, 7) is 7.98. The van der Waals surface area contributed by atoms with Crippen molar-refractivity contribution in [3.05, 3.63) is 48.8 Å². The lowest BCUT2D eigenvalue weighted by molar-refractivity contribution is 0.0261. The fraction of sp³-hybridized carbons (Fsp3) is 0.455. The van der Waals surface area contributed by atoms with E-state index in [4.69, 9.17) is 9.47 Å². The third-order valence-electron chi connectivity index (χ3n) is 5.31. The van der Waals surface area contributed by atoms with Crippen LogP contribution in [0, 0.1) is 17.8 Å². The maximum absolute atomic E-state index is 12.1. The van der Waals surface area contributed by atoms with Crippen LogP contribution in [0.1, 0.15) is 20.8 Å². The zero-order valence-electron chi connectivity index (χ0n) is 16.1. The molecule has 0 unspecified atom stereocenters. The van der Waals surface area contributed by atoms with Crippen LogP contribution in [0.5, 0.6) is 5.75 Å². The van der Waals surface area contributed by atoms with Crippen molar-refractivity contribution in [3.63, 3.8) is 0 Å². The molecule has 0 spiro atoms. The molecule has 4 rings (SSSR count). The Kier molecular flexibility index (Phi) is 4.54. The molecule has 1 aliphatic heterocycles. The highest BCUT2D eigenvalue weighted by atomic mass is 16.6. The zero-order valence-corrected chi connectivity index (χ0v) is 16.1. The van der Waals surface area contributed by atoms with Gasteiger partial charge in [0.15, 0.2) is 0 Å². The molecular weight excluding hydrogens is 340 g/mol. The molecule has 2 fully saturated rings. The van der Waals surface area contributed by atoms with E-state index < -0.39 is 5.60 Å². The van der Waals surface area contributed by atoms with E-state index in [1.54, 1.807) is 6.20 Å². The summed E-state index contributed by atoms with van der Waals surface area (Å²) in [5.41, 5.74) is 1.80. The Labute approximate surface area is 160 Å². The lowest BCUT2D eigenvalue weighted by Gasteiger charge is -2.25. The van der Waals surface area contributed by atoms with Crippen molar-refractivity contribution < 1.29 is 14.3 Å². The molecular formula is C22H26N2O3. The van der Waals surface area contributed by atoms with Gasteiger partial charge in [-0.15, -0.1) is 0 Å². The van der Waals surface area contributed by atoms with Crippen molar-refractivity contribution >= 4 is 6.09 Å². The number of hydrogen-bond donors (Lipinski definition) is 0. The van der Waals surface area contributed by atoms with Crippen molar-refractivity contribution in [1.82, 2.24) is 9.88 Å². The molecule has 2 aliphatic rings. The van der Waals surface area contributed by atoms with Crippen LogP contribution in [-0.2, 0) is 4.74 Å². The molecule has 27 heavy (non-hydrogen) atoms. The lowest BCUT2D eigenvalue weighted by atomic mass is 10.1. The number of likely N-dealkylation sites (tertiary alicyclic amines) is 1. The van der Waals surface area contributed by atoms with E-state index in [0.29, 0.717) is 24.4 Å². The van der Waals surface area contributed by atoms with Crippen molar-refractivity contribution in [2.75, 3.05) is 19.7 Å². The summed E-state index contributed by atoms with van der Waals surface area (Å²) in [6.07, 6.45) is 3.44. The molecule has 0 bridgehead atoms. The summed E-state index contributed by atoms with van der Waals surface area (Å²) in [5, 5.41) is 0. The molecule has 3 atom stereocenters. The van der Waals surface area contributed by atoms with Crippen LogP contribution < -0.4 is 4.74 Å². The summed E-state index contributed by atoms with van der Waals surface area (Å²) in [4.78, 5) is 18.1. The molecule has 1 aliphatic carbocycles. The second-order valence-electron chi connectivity index (χ2n) is 8.45. The topological polar surface area (TPSA) is 51.7 Å². The van der Waals surface area contributed by atoms with Gasteiger partial charge in [0.2, 0.25) is 0 Å². The van der Waals surface area contributed by atoms with Crippen molar-refractivity contribution in [2.24, 2.45) is 17.8 Å². The molecule has 1 saturated carbocycles. The summed E-state index contributed by atoms with van der Waals surface area (Å²) >= 11 is 0. The normalized spacial score (nSPS) is 23.7. The van der Waals surface area contributed by atoms with Gasteiger partial charge in [0, 0.05) is 31.4 Å². The summed E-state index contributed by atoms with van der Waals surface area (Å²) in [5.74, 6) is 2.53. The van der Waals surface area contributed by atoms with Crippen molar-refractivity contribution in [1.29, 1.82) is 0 Å². The highest BCUT2D eigenvalue weighted by molar-refractivity contribution is 5.69. The van der Waals surface area contributed by atoms with E-state index in [-0.39, 0.29) is 6.09 Å². The van der Waals surface area contributed by atoms with E-state index in [2.05, 4.69) is 17.1 Å². The summed E-state index contributed by atoms with van der Waals surface area (Å²) in [7, 11) is 0. The molecule has 2 aromatic rings. The van der Waals surface area contributed by atoms with Crippen LogP contribution >= 0.6 is 0 Å². The van der Waals surface area contributed by atoms with Gasteiger partial charge in [-0.2, -0.15) is 0 Å². The van der Waals surface area contributed by atoms with Crippen LogP contribution in [0.4, 0.5) is 4.79 Å². The van der Waals surface area contributed by atoms with Gasteiger partial charge in [-0.05, 0) is 61.9 Å². The van der Waals surface area contributed by atoms with Gasteiger partial charge in [-0.25, -0.2) is 4.79 Å². The number of nitrogens with zero attached hydrogens (tertiary/aromatic N) is 2. The van der Waals surface area contributed by atoms with Crippen LogP contribution in [0.2, 0.25) is 0 Å². The number of piperidine rings is 1. The number of carbonyl (C=O) groups excluding carboxylic acids is 1. The first kappa shape index (κ1) is 17.8. The van der Waals surface area contributed by atoms with E-state index in [1.807, 2.05) is 56.1 Å². The second-order valence-corrected chi connectivity index (χ2v) is 8.45. The third-order valence-corrected chi connectivity index (χ3v) is 5.31. The second kappa shape index (κ2) is 6.87. The number of ether oxygens (including phenoxy) is 2. The Hall–Kier alpha value is -2.56. The van der Waals surface area contributed by atoms with Crippen molar-refractivity contribution in [2.45, 2.75) is 26.4 Å². The molecule has 5 nitrogen and oxygen atoms in total. The Morgan fingerprint density at radius 3 is 2.41 bits per heavy atom.